The molecule has 0 unspecified atom stereocenters. The van der Waals surface area contributed by atoms with E-state index in [2.05, 4.69) is 10.5 Å². The van der Waals surface area contributed by atoms with Crippen LogP contribution < -0.4 is 5.32 Å². The maximum absolute atomic E-state index is 13.6. The largest absolute Gasteiger partial charge is 0.391 e. The number of hydrogen-bond donors (Lipinski definition) is 1. The highest BCUT2D eigenvalue weighted by Gasteiger charge is 2.36. The minimum Gasteiger partial charge on any atom is -0.391 e. The van der Waals surface area contributed by atoms with Crippen LogP contribution in [0.25, 0.3) is 0 Å². The number of ether oxygens (including phenoxy) is 1. The number of oxime groups is 1. The van der Waals surface area contributed by atoms with Crippen LogP contribution in [-0.2, 0) is 14.4 Å². The van der Waals surface area contributed by atoms with Crippen molar-refractivity contribution in [3.05, 3.63) is 34.6 Å². The third-order valence-corrected chi connectivity index (χ3v) is 4.10. The molecule has 0 aliphatic carbocycles. The Bertz CT molecular complexity index is 623. The lowest BCUT2D eigenvalue weighted by Gasteiger charge is -2.18. The molecule has 2 aliphatic rings. The Labute approximate surface area is 132 Å². The fraction of sp³-hybridized carbons (Fsp3) is 0.467. The van der Waals surface area contributed by atoms with Crippen LogP contribution in [0.15, 0.2) is 23.4 Å². The summed E-state index contributed by atoms with van der Waals surface area (Å²) in [7, 11) is 0. The number of amidine groups is 1. The highest BCUT2D eigenvalue weighted by Crippen LogP contribution is 2.35. The van der Waals surface area contributed by atoms with Gasteiger partial charge in [-0.25, -0.2) is 4.39 Å². The first-order chi connectivity index (χ1) is 10.5. The van der Waals surface area contributed by atoms with Crippen molar-refractivity contribution in [3.63, 3.8) is 0 Å². The molecule has 7 heteroatoms. The molecule has 0 bridgehead atoms. The van der Waals surface area contributed by atoms with E-state index in [1.54, 1.807) is 6.07 Å². The Morgan fingerprint density at radius 2 is 2.32 bits per heavy atom. The lowest BCUT2D eigenvalue weighted by molar-refractivity contribution is -0.125. The summed E-state index contributed by atoms with van der Waals surface area (Å²) in [4.78, 5) is 17.4. The van der Waals surface area contributed by atoms with Crippen LogP contribution in [0.5, 0.6) is 0 Å². The third kappa shape index (κ3) is 3.08. The zero-order chi connectivity index (χ0) is 15.7. The second-order valence-corrected chi connectivity index (χ2v) is 5.91. The molecule has 118 valence electrons. The minimum absolute atomic E-state index is 0.0312. The number of hydrogen-bond acceptors (Lipinski definition) is 4. The van der Waals surface area contributed by atoms with Crippen LogP contribution in [0, 0.1) is 11.7 Å². The number of nitrogens with one attached hydrogen (secondary N) is 1. The maximum atomic E-state index is 13.6. The van der Waals surface area contributed by atoms with Gasteiger partial charge in [-0.05, 0) is 31.0 Å². The third-order valence-electron chi connectivity index (χ3n) is 3.79. The number of carbonyl (C=O) groups is 1. The maximum Gasteiger partial charge on any atom is 0.231 e. The molecule has 0 saturated carbocycles. The van der Waals surface area contributed by atoms with Gasteiger partial charge in [-0.2, -0.15) is 0 Å². The van der Waals surface area contributed by atoms with Crippen molar-refractivity contribution in [2.75, 3.05) is 6.61 Å². The van der Waals surface area contributed by atoms with Crippen LogP contribution in [-0.4, -0.2) is 24.5 Å². The fourth-order valence-electron chi connectivity index (χ4n) is 2.69. The Morgan fingerprint density at radius 1 is 1.50 bits per heavy atom. The number of nitrogens with zero attached hydrogens (tertiary/aromatic N) is 1. The first-order valence-electron chi connectivity index (χ1n) is 7.14. The lowest BCUT2D eigenvalue weighted by atomic mass is 9.94. The van der Waals surface area contributed by atoms with Crippen molar-refractivity contribution in [3.8, 4) is 0 Å². The molecule has 1 amide bonds. The Hall–Kier alpha value is -1.66. The molecule has 2 aliphatic heterocycles. The standard InChI is InChI=1S/C15H16ClFN2O3/c1-8-6-13(19-22-8)18-15(20)10-4-5-21-14(10)9-2-3-11(16)12(17)7-9/h2-3,7-8,10,14H,4-6H2,1H3,(H,18,19,20)/t8-,10+,14-/m0/s1. The number of rotatable bonds is 2. The lowest BCUT2D eigenvalue weighted by Crippen LogP contribution is -2.36. The number of carbonyl (C=O) groups excluding carboxylic acids is 1. The summed E-state index contributed by atoms with van der Waals surface area (Å²) in [6.45, 7) is 2.33. The van der Waals surface area contributed by atoms with E-state index in [-0.39, 0.29) is 23.0 Å². The predicted molar refractivity (Wildman–Crippen MR) is 79.0 cm³/mol. The molecule has 3 atom stereocenters. The molecule has 1 N–H and O–H groups in total. The average Bonchev–Trinajstić information content (AvgIpc) is 3.11. The van der Waals surface area contributed by atoms with Gasteiger partial charge < -0.3 is 14.9 Å². The summed E-state index contributed by atoms with van der Waals surface area (Å²) in [6, 6.07) is 4.47. The number of benzene rings is 1. The van der Waals surface area contributed by atoms with Crippen LogP contribution >= 0.6 is 11.6 Å². The van der Waals surface area contributed by atoms with Crippen LogP contribution in [0.2, 0.25) is 5.02 Å². The molecular formula is C15H16ClFN2O3. The predicted octanol–water partition coefficient (Wildman–Crippen LogP) is 2.80. The normalized spacial score (nSPS) is 27.4. The smallest absolute Gasteiger partial charge is 0.231 e. The first-order valence-corrected chi connectivity index (χ1v) is 7.52. The van der Waals surface area contributed by atoms with Gasteiger partial charge in [0.25, 0.3) is 0 Å². The minimum atomic E-state index is -0.517. The molecule has 2 heterocycles. The van der Waals surface area contributed by atoms with Crippen molar-refractivity contribution in [2.24, 2.45) is 11.1 Å². The second kappa shape index (κ2) is 6.22. The van der Waals surface area contributed by atoms with E-state index >= 15 is 0 Å². The summed E-state index contributed by atoms with van der Waals surface area (Å²) in [5.74, 6) is -0.574. The summed E-state index contributed by atoms with van der Waals surface area (Å²) < 4.78 is 19.2. The van der Waals surface area contributed by atoms with Gasteiger partial charge >= 0.3 is 0 Å². The first kappa shape index (κ1) is 15.2. The van der Waals surface area contributed by atoms with E-state index < -0.39 is 11.9 Å². The molecule has 5 nitrogen and oxygen atoms in total. The van der Waals surface area contributed by atoms with Gasteiger partial charge in [0.05, 0.1) is 17.0 Å². The van der Waals surface area contributed by atoms with Gasteiger partial charge in [0.15, 0.2) is 5.84 Å². The molecule has 1 fully saturated rings. The Balaban J connectivity index is 1.72. The van der Waals surface area contributed by atoms with Gasteiger partial charge in [0.1, 0.15) is 11.9 Å². The van der Waals surface area contributed by atoms with Crippen molar-refractivity contribution < 1.29 is 18.8 Å². The highest BCUT2D eigenvalue weighted by atomic mass is 35.5. The van der Waals surface area contributed by atoms with Gasteiger partial charge in [0.2, 0.25) is 5.91 Å². The fourth-order valence-corrected chi connectivity index (χ4v) is 2.80. The van der Waals surface area contributed by atoms with Crippen molar-refractivity contribution >= 4 is 23.3 Å². The average molecular weight is 327 g/mol. The second-order valence-electron chi connectivity index (χ2n) is 5.51. The van der Waals surface area contributed by atoms with Crippen molar-refractivity contribution in [1.29, 1.82) is 0 Å². The molecular weight excluding hydrogens is 311 g/mol. The topological polar surface area (TPSA) is 59.9 Å². The molecule has 1 aromatic carbocycles. The monoisotopic (exact) mass is 326 g/mol. The van der Waals surface area contributed by atoms with Gasteiger partial charge in [0, 0.05) is 13.0 Å². The number of halogens is 2. The molecule has 3 rings (SSSR count). The van der Waals surface area contributed by atoms with Gasteiger partial charge in [-0.1, -0.05) is 22.8 Å². The van der Waals surface area contributed by atoms with Crippen molar-refractivity contribution in [2.45, 2.75) is 32.0 Å². The van der Waals surface area contributed by atoms with E-state index in [1.807, 2.05) is 6.92 Å². The van der Waals surface area contributed by atoms with Crippen LogP contribution in [0.1, 0.15) is 31.4 Å². The summed E-state index contributed by atoms with van der Waals surface area (Å²) in [5.41, 5.74) is 0.609. The quantitative estimate of drug-likeness (QED) is 0.909. The zero-order valence-corrected chi connectivity index (χ0v) is 12.8. The highest BCUT2D eigenvalue weighted by molar-refractivity contribution is 6.30. The SMILES string of the molecule is C[C@H]1CC(NC(=O)[C@@H]2CCO[C@H]2c2ccc(Cl)c(F)c2)=NO1. The van der Waals surface area contributed by atoms with E-state index in [9.17, 15) is 9.18 Å². The Kier molecular flexibility index (Phi) is 4.31. The number of amides is 1. The molecule has 1 saturated heterocycles. The van der Waals surface area contributed by atoms with E-state index in [1.165, 1.54) is 12.1 Å². The van der Waals surface area contributed by atoms with Gasteiger partial charge in [-0.15, -0.1) is 0 Å². The molecule has 0 radical (unpaired) electrons. The summed E-state index contributed by atoms with van der Waals surface area (Å²) >= 11 is 5.69. The molecule has 1 aromatic rings. The molecule has 0 aromatic heterocycles. The Morgan fingerprint density at radius 3 is 3.00 bits per heavy atom. The molecule has 0 spiro atoms. The van der Waals surface area contributed by atoms with E-state index in [0.29, 0.717) is 30.8 Å². The van der Waals surface area contributed by atoms with Crippen molar-refractivity contribution in [1.82, 2.24) is 5.32 Å². The summed E-state index contributed by atoms with van der Waals surface area (Å²) in [6.07, 6.45) is 0.632. The van der Waals surface area contributed by atoms with Crippen LogP contribution in [0.3, 0.4) is 0 Å². The molecule has 22 heavy (non-hydrogen) atoms. The zero-order valence-electron chi connectivity index (χ0n) is 12.0. The van der Waals surface area contributed by atoms with E-state index in [4.69, 9.17) is 21.2 Å². The van der Waals surface area contributed by atoms with Gasteiger partial charge in [-0.3, -0.25) is 4.79 Å². The van der Waals surface area contributed by atoms with E-state index in [0.717, 1.165) is 0 Å². The summed E-state index contributed by atoms with van der Waals surface area (Å²) in [5, 5.41) is 6.63. The van der Waals surface area contributed by atoms with Crippen LogP contribution in [0.4, 0.5) is 4.39 Å².